The van der Waals surface area contributed by atoms with Gasteiger partial charge in [-0.2, -0.15) is 0 Å². The molecule has 9 nitrogen and oxygen atoms in total. The van der Waals surface area contributed by atoms with E-state index in [0.29, 0.717) is 18.5 Å². The van der Waals surface area contributed by atoms with E-state index in [0.717, 1.165) is 16.7 Å². The van der Waals surface area contributed by atoms with Crippen molar-refractivity contribution in [2.24, 2.45) is 35.1 Å². The summed E-state index contributed by atoms with van der Waals surface area (Å²) in [5.74, 6) is -7.48. The summed E-state index contributed by atoms with van der Waals surface area (Å²) in [6.45, 7) is 0.394. The van der Waals surface area contributed by atoms with Gasteiger partial charge in [-0.3, -0.25) is 19.2 Å². The molecule has 0 heterocycles. The van der Waals surface area contributed by atoms with Crippen molar-refractivity contribution in [2.75, 3.05) is 14.1 Å². The van der Waals surface area contributed by atoms with Gasteiger partial charge in [0.15, 0.2) is 23.0 Å². The van der Waals surface area contributed by atoms with E-state index in [1.54, 1.807) is 25.1 Å². The van der Waals surface area contributed by atoms with E-state index in [1.165, 1.54) is 6.07 Å². The number of nitrogens with two attached hydrogens (primary N) is 2. The van der Waals surface area contributed by atoms with E-state index in [4.69, 9.17) is 11.5 Å². The van der Waals surface area contributed by atoms with Gasteiger partial charge in [-0.05, 0) is 67.6 Å². The molecule has 0 saturated heterocycles. The van der Waals surface area contributed by atoms with Crippen molar-refractivity contribution in [3.05, 3.63) is 53.1 Å². The van der Waals surface area contributed by atoms with Crippen LogP contribution in [0.4, 0.5) is 0 Å². The zero-order chi connectivity index (χ0) is 26.8. The second kappa shape index (κ2) is 8.86. The molecule has 5 rings (SSSR count). The molecule has 2 fully saturated rings. The maximum atomic E-state index is 13.9. The number of phenolic OH excluding ortho intramolecular Hbond substituents is 1. The zero-order valence-corrected chi connectivity index (χ0v) is 20.8. The van der Waals surface area contributed by atoms with Gasteiger partial charge in [-0.1, -0.05) is 30.3 Å². The van der Waals surface area contributed by atoms with E-state index in [1.807, 2.05) is 24.3 Å². The number of carbonyl (C=O) groups excluding carboxylic acids is 4. The lowest BCUT2D eigenvalue weighted by molar-refractivity contribution is -0.179. The van der Waals surface area contributed by atoms with Gasteiger partial charge in [0.2, 0.25) is 5.91 Å². The second-order valence-electron chi connectivity index (χ2n) is 10.8. The number of nitrogens with zero attached hydrogens (tertiary/aromatic N) is 1. The van der Waals surface area contributed by atoms with E-state index in [9.17, 15) is 29.4 Å². The van der Waals surface area contributed by atoms with Crippen LogP contribution >= 0.6 is 0 Å². The number of aliphatic hydroxyl groups is 1. The number of hydrogen-bond donors (Lipinski definition) is 4. The van der Waals surface area contributed by atoms with Crippen LogP contribution < -0.4 is 11.5 Å². The maximum absolute atomic E-state index is 13.9. The molecule has 0 radical (unpaired) electrons. The van der Waals surface area contributed by atoms with Gasteiger partial charge in [-0.25, -0.2) is 0 Å². The minimum atomic E-state index is -2.49. The van der Waals surface area contributed by atoms with Gasteiger partial charge in [0.25, 0.3) is 0 Å². The number of phenols is 1. The Morgan fingerprint density at radius 3 is 2.32 bits per heavy atom. The molecule has 0 bridgehead atoms. The number of hydrogen-bond acceptors (Lipinski definition) is 8. The first-order valence-electron chi connectivity index (χ1n) is 12.5. The number of amides is 1. The Hall–Kier alpha value is -3.40. The van der Waals surface area contributed by atoms with Crippen molar-refractivity contribution in [3.63, 3.8) is 0 Å². The number of Topliss-reactive ketones (excluding diaryl/α,β-unsaturated/α-hetero) is 3. The van der Waals surface area contributed by atoms with Crippen LogP contribution in [0.5, 0.6) is 5.75 Å². The van der Waals surface area contributed by atoms with Gasteiger partial charge in [-0.15, -0.1) is 0 Å². The fourth-order valence-electron chi connectivity index (χ4n) is 6.77. The summed E-state index contributed by atoms with van der Waals surface area (Å²) in [7, 11) is 3.52. The van der Waals surface area contributed by atoms with Crippen LogP contribution in [0.3, 0.4) is 0 Å². The number of benzene rings is 2. The Labute approximate surface area is 214 Å². The lowest BCUT2D eigenvalue weighted by atomic mass is 9.52. The number of carbonyl (C=O) groups is 4. The maximum Gasteiger partial charge on any atom is 0.228 e. The molecule has 0 aromatic heterocycles. The molecule has 3 aliphatic carbocycles. The summed E-state index contributed by atoms with van der Waals surface area (Å²) in [4.78, 5) is 54.9. The third-order valence-corrected chi connectivity index (χ3v) is 8.65. The number of primary amides is 1. The van der Waals surface area contributed by atoms with Gasteiger partial charge in [0.1, 0.15) is 11.7 Å². The highest BCUT2D eigenvalue weighted by molar-refractivity contribution is 6.25. The fourth-order valence-corrected chi connectivity index (χ4v) is 6.77. The molecule has 2 aromatic carbocycles. The Bertz CT molecular complexity index is 1320. The Kier molecular flexibility index (Phi) is 6.05. The van der Waals surface area contributed by atoms with Crippen molar-refractivity contribution in [1.29, 1.82) is 0 Å². The van der Waals surface area contributed by atoms with Gasteiger partial charge in [0.05, 0.1) is 11.5 Å². The van der Waals surface area contributed by atoms with Crippen molar-refractivity contribution in [1.82, 2.24) is 4.90 Å². The van der Waals surface area contributed by atoms with Crippen LogP contribution in [0.15, 0.2) is 36.4 Å². The molecule has 2 aromatic rings. The predicted octanol–water partition coefficient (Wildman–Crippen LogP) is 0.814. The zero-order valence-electron chi connectivity index (χ0n) is 20.8. The summed E-state index contributed by atoms with van der Waals surface area (Å²) >= 11 is 0. The predicted molar refractivity (Wildman–Crippen MR) is 134 cm³/mol. The largest absolute Gasteiger partial charge is 0.507 e. The van der Waals surface area contributed by atoms with Crippen LogP contribution in [0.2, 0.25) is 0 Å². The topological polar surface area (TPSA) is 164 Å². The lowest BCUT2D eigenvalue weighted by Gasteiger charge is -2.53. The van der Waals surface area contributed by atoms with Crippen molar-refractivity contribution in [3.8, 4) is 16.9 Å². The standard InChI is InChI=1S/C28H31N3O6/c1-31(2)20-11-18(27(30)36)25(34)28(37)19(20)10-15-9-17-16(14-5-3-13(12-29)4-6-14)7-8-21(32)23(17)24(33)22(15)26(28)35/h3-8,15,18-20,22,32,37H,9-12,29H2,1-2H3,(H2,30,36)/t15-,18?,19-,20+,22?,28+/m1/s1. The summed E-state index contributed by atoms with van der Waals surface area (Å²) in [5.41, 5.74) is 12.0. The minimum Gasteiger partial charge on any atom is -0.507 e. The van der Waals surface area contributed by atoms with Crippen molar-refractivity contribution in [2.45, 2.75) is 37.5 Å². The molecule has 1 amide bonds. The Morgan fingerprint density at radius 1 is 1.05 bits per heavy atom. The molecule has 0 aliphatic heterocycles. The summed E-state index contributed by atoms with van der Waals surface area (Å²) in [5, 5.41) is 22.4. The number of ketones is 3. The molecule has 9 heteroatoms. The molecule has 3 aliphatic rings. The normalized spacial score (nSPS) is 31.1. The smallest absolute Gasteiger partial charge is 0.228 e. The molecule has 37 heavy (non-hydrogen) atoms. The fraction of sp³-hybridized carbons (Fsp3) is 0.429. The molecule has 6 N–H and O–H groups in total. The summed E-state index contributed by atoms with van der Waals surface area (Å²) < 4.78 is 0. The van der Waals surface area contributed by atoms with E-state index in [2.05, 4.69) is 0 Å². The number of rotatable bonds is 4. The summed E-state index contributed by atoms with van der Waals surface area (Å²) in [6, 6.07) is 10.3. The van der Waals surface area contributed by atoms with E-state index in [-0.39, 0.29) is 24.2 Å². The van der Waals surface area contributed by atoms with E-state index < -0.39 is 58.6 Å². The Balaban J connectivity index is 1.62. The molecule has 0 spiro atoms. The van der Waals surface area contributed by atoms with Gasteiger partial charge < -0.3 is 26.6 Å². The first-order valence-corrected chi connectivity index (χ1v) is 12.5. The first kappa shape index (κ1) is 25.3. The third-order valence-electron chi connectivity index (χ3n) is 8.65. The van der Waals surface area contributed by atoms with E-state index >= 15 is 0 Å². The molecule has 2 unspecified atom stereocenters. The minimum absolute atomic E-state index is 0.0379. The van der Waals surface area contributed by atoms with Crippen LogP contribution in [0.25, 0.3) is 11.1 Å². The van der Waals surface area contributed by atoms with Gasteiger partial charge in [0, 0.05) is 18.5 Å². The quantitative estimate of drug-likeness (QED) is 0.444. The van der Waals surface area contributed by atoms with Crippen LogP contribution in [0, 0.1) is 23.7 Å². The highest BCUT2D eigenvalue weighted by atomic mass is 16.3. The summed E-state index contributed by atoms with van der Waals surface area (Å²) in [6.07, 6.45) is 0.655. The molecule has 2 saturated carbocycles. The SMILES string of the molecule is CN(C)[C@H]1CC(C(N)=O)C(=O)[C@]2(O)C(=O)C3C(=O)c4c(O)ccc(-c5ccc(CN)cc5)c4C[C@@H]3C[C@H]12. The molecular formula is C28H31N3O6. The lowest BCUT2D eigenvalue weighted by Crippen LogP contribution is -2.71. The highest BCUT2D eigenvalue weighted by Crippen LogP contribution is 2.52. The third kappa shape index (κ3) is 3.64. The number of aromatic hydroxyl groups is 1. The monoisotopic (exact) mass is 505 g/mol. The van der Waals surface area contributed by atoms with Gasteiger partial charge >= 0.3 is 0 Å². The number of fused-ring (bicyclic) bond motifs is 3. The van der Waals surface area contributed by atoms with Crippen molar-refractivity contribution >= 4 is 23.3 Å². The first-order chi connectivity index (χ1) is 17.5. The Morgan fingerprint density at radius 2 is 1.73 bits per heavy atom. The van der Waals surface area contributed by atoms with Crippen molar-refractivity contribution < 1.29 is 29.4 Å². The second-order valence-corrected chi connectivity index (χ2v) is 10.8. The molecular weight excluding hydrogens is 474 g/mol. The van der Waals surface area contributed by atoms with Crippen LogP contribution in [-0.2, 0) is 27.3 Å². The highest BCUT2D eigenvalue weighted by Gasteiger charge is 2.66. The average Bonchev–Trinajstić information content (AvgIpc) is 2.86. The average molecular weight is 506 g/mol. The molecule has 6 atom stereocenters. The molecule has 194 valence electrons. The van der Waals surface area contributed by atoms with Crippen LogP contribution in [-0.4, -0.2) is 64.1 Å². The van der Waals surface area contributed by atoms with Crippen LogP contribution in [0.1, 0.15) is 34.3 Å².